The molecule has 6 heteroatoms. The predicted molar refractivity (Wildman–Crippen MR) is 61.3 cm³/mol. The highest BCUT2D eigenvalue weighted by atomic mass is 35.5. The van der Waals surface area contributed by atoms with Gasteiger partial charge in [-0.2, -0.15) is 5.10 Å². The van der Waals surface area contributed by atoms with Gasteiger partial charge in [-0.25, -0.2) is 0 Å². The highest BCUT2D eigenvalue weighted by Crippen LogP contribution is 2.32. The number of halogens is 2. The first-order chi connectivity index (χ1) is 7.25. The van der Waals surface area contributed by atoms with Gasteiger partial charge in [-0.1, -0.05) is 23.2 Å². The molecule has 2 N–H and O–H groups in total. The van der Waals surface area contributed by atoms with Gasteiger partial charge in [-0.15, -0.1) is 0 Å². The van der Waals surface area contributed by atoms with Gasteiger partial charge in [0.25, 0.3) is 0 Å². The summed E-state index contributed by atoms with van der Waals surface area (Å²) in [4.78, 5) is 2.09. The first-order valence-corrected chi connectivity index (χ1v) is 5.30. The Morgan fingerprint density at radius 3 is 2.87 bits per heavy atom. The zero-order valence-corrected chi connectivity index (χ0v) is 9.23. The van der Waals surface area contributed by atoms with Crippen molar-refractivity contribution in [2.45, 2.75) is 0 Å². The van der Waals surface area contributed by atoms with Crippen LogP contribution >= 0.6 is 23.2 Å². The Balaban J connectivity index is 2.17. The van der Waals surface area contributed by atoms with Crippen molar-refractivity contribution in [3.63, 3.8) is 0 Å². The van der Waals surface area contributed by atoms with Crippen LogP contribution in [0.3, 0.4) is 0 Å². The summed E-state index contributed by atoms with van der Waals surface area (Å²) in [5.41, 5.74) is 4.90. The maximum atomic E-state index is 5.98. The van der Waals surface area contributed by atoms with Gasteiger partial charge in [-0.3, -0.25) is 5.43 Å². The number of amidine groups is 1. The monoisotopic (exact) mass is 242 g/mol. The number of hydrogen-bond acceptors (Lipinski definition) is 4. The van der Waals surface area contributed by atoms with Gasteiger partial charge in [0.2, 0.25) is 0 Å². The number of nitrogens with zero attached hydrogens (tertiary/aromatic N) is 2. The molecule has 0 spiro atoms. The van der Waals surface area contributed by atoms with E-state index in [2.05, 4.69) is 20.7 Å². The molecule has 1 aromatic rings. The summed E-state index contributed by atoms with van der Waals surface area (Å²) in [6.07, 6.45) is 0. The Bertz CT molecular complexity index is 458. The minimum atomic E-state index is 0.550. The van der Waals surface area contributed by atoms with E-state index in [4.69, 9.17) is 23.2 Å². The Morgan fingerprint density at radius 2 is 2.00 bits per heavy atom. The van der Waals surface area contributed by atoms with Crippen LogP contribution in [-0.4, -0.2) is 24.1 Å². The molecule has 3 rings (SSSR count). The van der Waals surface area contributed by atoms with Crippen molar-refractivity contribution in [1.82, 2.24) is 10.3 Å². The Morgan fingerprint density at radius 1 is 1.20 bits per heavy atom. The Kier molecular flexibility index (Phi) is 1.94. The summed E-state index contributed by atoms with van der Waals surface area (Å²) in [6, 6.07) is 3.67. The number of anilines is 1. The molecule has 0 saturated heterocycles. The van der Waals surface area contributed by atoms with E-state index in [-0.39, 0.29) is 0 Å². The van der Waals surface area contributed by atoms with Crippen LogP contribution < -0.4 is 10.7 Å². The summed E-state index contributed by atoms with van der Waals surface area (Å²) in [7, 11) is 0. The van der Waals surface area contributed by atoms with Crippen molar-refractivity contribution in [3.05, 3.63) is 27.7 Å². The third kappa shape index (κ3) is 1.33. The predicted octanol–water partition coefficient (Wildman–Crippen LogP) is 1.90. The molecule has 0 radical (unpaired) electrons. The first-order valence-electron chi connectivity index (χ1n) is 4.54. The molecule has 0 atom stereocenters. The molecule has 15 heavy (non-hydrogen) atoms. The standard InChI is InChI=1S/C9H8Cl2N4/c10-6-1-5-8(2-7(6)11)12-3-15-4-13-14-9(5)15/h1-2,12-13H,3-4H2. The maximum Gasteiger partial charge on any atom is 0.160 e. The molecular formula is C9H8Cl2N4. The van der Waals surface area contributed by atoms with Crippen LogP contribution in [0.4, 0.5) is 5.69 Å². The molecule has 1 aromatic carbocycles. The van der Waals surface area contributed by atoms with E-state index in [1.165, 1.54) is 0 Å². The lowest BCUT2D eigenvalue weighted by Gasteiger charge is -2.27. The van der Waals surface area contributed by atoms with E-state index in [9.17, 15) is 0 Å². The first kappa shape index (κ1) is 9.12. The lowest BCUT2D eigenvalue weighted by Crippen LogP contribution is -2.38. The number of benzene rings is 1. The highest BCUT2D eigenvalue weighted by Gasteiger charge is 2.26. The van der Waals surface area contributed by atoms with Crippen LogP contribution in [-0.2, 0) is 0 Å². The topological polar surface area (TPSA) is 39.7 Å². The van der Waals surface area contributed by atoms with Gasteiger partial charge < -0.3 is 10.2 Å². The second-order valence-corrected chi connectivity index (χ2v) is 4.25. The number of rotatable bonds is 0. The van der Waals surface area contributed by atoms with Crippen molar-refractivity contribution >= 4 is 34.7 Å². The summed E-state index contributed by atoms with van der Waals surface area (Å²) in [6.45, 7) is 1.46. The Hall–Kier alpha value is -1.13. The van der Waals surface area contributed by atoms with Crippen LogP contribution in [0.1, 0.15) is 5.56 Å². The van der Waals surface area contributed by atoms with Gasteiger partial charge in [0, 0.05) is 11.3 Å². The summed E-state index contributed by atoms with van der Waals surface area (Å²) < 4.78 is 0. The zero-order valence-electron chi connectivity index (χ0n) is 7.72. The molecule has 0 amide bonds. The van der Waals surface area contributed by atoms with Crippen LogP contribution in [0.25, 0.3) is 0 Å². The molecule has 0 aromatic heterocycles. The van der Waals surface area contributed by atoms with Crippen molar-refractivity contribution < 1.29 is 0 Å². The fourth-order valence-corrected chi connectivity index (χ4v) is 2.09. The summed E-state index contributed by atoms with van der Waals surface area (Å²) in [5, 5.41) is 8.59. The lowest BCUT2D eigenvalue weighted by atomic mass is 10.1. The van der Waals surface area contributed by atoms with Crippen molar-refractivity contribution in [1.29, 1.82) is 0 Å². The van der Waals surface area contributed by atoms with E-state index < -0.39 is 0 Å². The van der Waals surface area contributed by atoms with Gasteiger partial charge in [-0.05, 0) is 12.1 Å². The summed E-state index contributed by atoms with van der Waals surface area (Å²) >= 11 is 11.9. The third-order valence-corrected chi connectivity index (χ3v) is 3.23. The average Bonchev–Trinajstić information content (AvgIpc) is 2.68. The van der Waals surface area contributed by atoms with E-state index >= 15 is 0 Å². The van der Waals surface area contributed by atoms with Crippen LogP contribution in [0.5, 0.6) is 0 Å². The Labute approximate surface area is 96.8 Å². The molecule has 0 saturated carbocycles. The maximum absolute atomic E-state index is 5.98. The van der Waals surface area contributed by atoms with Gasteiger partial charge in [0.05, 0.1) is 16.7 Å². The van der Waals surface area contributed by atoms with E-state index in [0.717, 1.165) is 30.4 Å². The fourth-order valence-electron chi connectivity index (χ4n) is 1.76. The SMILES string of the molecule is Clc1cc2c(cc1Cl)C1=NNCN1CN2. The molecule has 0 unspecified atom stereocenters. The van der Waals surface area contributed by atoms with E-state index in [0.29, 0.717) is 10.0 Å². The molecule has 2 aliphatic rings. The molecular weight excluding hydrogens is 235 g/mol. The molecule has 0 bridgehead atoms. The molecule has 0 aliphatic carbocycles. The lowest BCUT2D eigenvalue weighted by molar-refractivity contribution is 0.448. The molecule has 4 nitrogen and oxygen atoms in total. The minimum Gasteiger partial charge on any atom is -0.367 e. The van der Waals surface area contributed by atoms with E-state index in [1.807, 2.05) is 12.1 Å². The largest absolute Gasteiger partial charge is 0.367 e. The average molecular weight is 243 g/mol. The normalized spacial score (nSPS) is 17.5. The second kappa shape index (κ2) is 3.18. The number of fused-ring (bicyclic) bond motifs is 3. The highest BCUT2D eigenvalue weighted by molar-refractivity contribution is 6.42. The molecule has 2 aliphatic heterocycles. The van der Waals surface area contributed by atoms with Crippen molar-refractivity contribution in [3.8, 4) is 0 Å². The van der Waals surface area contributed by atoms with Crippen molar-refractivity contribution in [2.24, 2.45) is 5.10 Å². The second-order valence-electron chi connectivity index (χ2n) is 3.44. The van der Waals surface area contributed by atoms with Crippen LogP contribution in [0.15, 0.2) is 17.2 Å². The number of nitrogens with one attached hydrogen (secondary N) is 2. The minimum absolute atomic E-state index is 0.550. The molecule has 0 fully saturated rings. The fraction of sp³-hybridized carbons (Fsp3) is 0.222. The van der Waals surface area contributed by atoms with Gasteiger partial charge in [0.15, 0.2) is 5.84 Å². The van der Waals surface area contributed by atoms with Crippen LogP contribution in [0.2, 0.25) is 10.0 Å². The van der Waals surface area contributed by atoms with Gasteiger partial charge in [0.1, 0.15) is 6.67 Å². The zero-order chi connectivity index (χ0) is 10.4. The smallest absolute Gasteiger partial charge is 0.160 e. The molecule has 78 valence electrons. The van der Waals surface area contributed by atoms with Crippen LogP contribution in [0, 0.1) is 0 Å². The van der Waals surface area contributed by atoms with Crippen molar-refractivity contribution in [2.75, 3.05) is 18.7 Å². The molecule has 2 heterocycles. The third-order valence-electron chi connectivity index (χ3n) is 2.51. The number of hydrogen-bond donors (Lipinski definition) is 2. The number of hydrazone groups is 1. The van der Waals surface area contributed by atoms with Gasteiger partial charge >= 0.3 is 0 Å². The van der Waals surface area contributed by atoms with E-state index in [1.54, 1.807) is 0 Å². The quantitative estimate of drug-likeness (QED) is 0.731. The summed E-state index contributed by atoms with van der Waals surface area (Å²) in [5.74, 6) is 0.919.